The van der Waals surface area contributed by atoms with Crippen LogP contribution in [0.3, 0.4) is 0 Å². The Labute approximate surface area is 163 Å². The number of hydrogen-bond acceptors (Lipinski definition) is 4. The van der Waals surface area contributed by atoms with Crippen LogP contribution in [0.2, 0.25) is 5.02 Å². The molecule has 0 radical (unpaired) electrons. The number of halogens is 1. The quantitative estimate of drug-likeness (QED) is 0.774. The highest BCUT2D eigenvalue weighted by Gasteiger charge is 2.26. The predicted octanol–water partition coefficient (Wildman–Crippen LogP) is 3.01. The van der Waals surface area contributed by atoms with Crippen LogP contribution in [0, 0.1) is 0 Å². The Kier molecular flexibility index (Phi) is 6.28. The summed E-state index contributed by atoms with van der Waals surface area (Å²) < 4.78 is 32.0. The Balaban J connectivity index is 1.71. The van der Waals surface area contributed by atoms with Crippen molar-refractivity contribution in [1.29, 1.82) is 0 Å². The smallest absolute Gasteiger partial charge is 0.248 e. The van der Waals surface area contributed by atoms with Gasteiger partial charge in [0.25, 0.3) is 0 Å². The summed E-state index contributed by atoms with van der Waals surface area (Å²) in [5.41, 5.74) is 1.20. The zero-order valence-corrected chi connectivity index (χ0v) is 16.0. The second-order valence-electron chi connectivity index (χ2n) is 5.92. The van der Waals surface area contributed by atoms with Gasteiger partial charge in [0, 0.05) is 29.9 Å². The molecule has 6 nitrogen and oxygen atoms in total. The van der Waals surface area contributed by atoms with Crippen molar-refractivity contribution in [3.05, 3.63) is 65.2 Å². The largest absolute Gasteiger partial charge is 0.379 e. The van der Waals surface area contributed by atoms with Crippen LogP contribution < -0.4 is 5.32 Å². The molecule has 142 valence electrons. The number of ether oxygens (including phenoxy) is 1. The van der Waals surface area contributed by atoms with Crippen molar-refractivity contribution in [3.63, 3.8) is 0 Å². The fourth-order valence-corrected chi connectivity index (χ4v) is 4.29. The molecule has 3 rings (SSSR count). The van der Waals surface area contributed by atoms with Gasteiger partial charge in [-0.15, -0.1) is 0 Å². The van der Waals surface area contributed by atoms with Crippen LogP contribution >= 0.6 is 11.6 Å². The van der Waals surface area contributed by atoms with Crippen molar-refractivity contribution in [3.8, 4) is 0 Å². The number of morpholine rings is 1. The molecule has 2 aromatic carbocycles. The molecule has 0 unspecified atom stereocenters. The molecule has 27 heavy (non-hydrogen) atoms. The Morgan fingerprint density at radius 3 is 2.59 bits per heavy atom. The fourth-order valence-electron chi connectivity index (χ4n) is 2.64. The average molecular weight is 407 g/mol. The Bertz CT molecular complexity index is 954. The Morgan fingerprint density at radius 1 is 1.11 bits per heavy atom. The number of amides is 1. The molecule has 8 heteroatoms. The lowest BCUT2D eigenvalue weighted by molar-refractivity contribution is -0.111. The molecular formula is C19H19ClN2O4S. The molecule has 0 aliphatic carbocycles. The van der Waals surface area contributed by atoms with Gasteiger partial charge in [-0.1, -0.05) is 29.8 Å². The highest BCUT2D eigenvalue weighted by atomic mass is 35.5. The van der Waals surface area contributed by atoms with Crippen LogP contribution in [-0.4, -0.2) is 44.9 Å². The number of nitrogens with one attached hydrogen (secondary N) is 1. The SMILES string of the molecule is O=C(/C=C/c1cccc(Cl)c1)Nc1cccc(S(=O)(=O)N2CCOCC2)c1. The molecule has 1 N–H and O–H groups in total. The number of carbonyl (C=O) groups excluding carboxylic acids is 1. The highest BCUT2D eigenvalue weighted by Crippen LogP contribution is 2.20. The molecule has 0 atom stereocenters. The third-order valence-corrected chi connectivity index (χ3v) is 6.11. The zero-order chi connectivity index (χ0) is 19.3. The van der Waals surface area contributed by atoms with Crippen molar-refractivity contribution < 1.29 is 17.9 Å². The molecule has 1 amide bonds. The maximum Gasteiger partial charge on any atom is 0.248 e. The number of nitrogens with zero attached hydrogens (tertiary/aromatic N) is 1. The monoisotopic (exact) mass is 406 g/mol. The minimum atomic E-state index is -3.61. The standard InChI is InChI=1S/C19H19ClN2O4S/c20-16-4-1-3-15(13-16)7-8-19(23)21-17-5-2-6-18(14-17)27(24,25)22-9-11-26-12-10-22/h1-8,13-14H,9-12H2,(H,21,23)/b8-7+. The summed E-state index contributed by atoms with van der Waals surface area (Å²) in [7, 11) is -3.61. The van der Waals surface area contributed by atoms with Crippen molar-refractivity contribution in [1.82, 2.24) is 4.31 Å². The lowest BCUT2D eigenvalue weighted by Crippen LogP contribution is -2.40. The van der Waals surface area contributed by atoms with E-state index in [4.69, 9.17) is 16.3 Å². The second-order valence-corrected chi connectivity index (χ2v) is 8.30. The van der Waals surface area contributed by atoms with E-state index in [2.05, 4.69) is 5.32 Å². The van der Waals surface area contributed by atoms with Crippen LogP contribution in [0.25, 0.3) is 6.08 Å². The van der Waals surface area contributed by atoms with E-state index in [9.17, 15) is 13.2 Å². The maximum absolute atomic E-state index is 12.7. The van der Waals surface area contributed by atoms with E-state index >= 15 is 0 Å². The molecule has 1 heterocycles. The summed E-state index contributed by atoms with van der Waals surface area (Å²) in [6.07, 6.45) is 3.00. The third kappa shape index (κ3) is 5.17. The summed E-state index contributed by atoms with van der Waals surface area (Å²) in [6.45, 7) is 1.40. The van der Waals surface area contributed by atoms with Gasteiger partial charge < -0.3 is 10.1 Å². The van der Waals surface area contributed by atoms with Crippen molar-refractivity contribution >= 4 is 39.3 Å². The van der Waals surface area contributed by atoms with Crippen LogP contribution in [0.4, 0.5) is 5.69 Å². The summed E-state index contributed by atoms with van der Waals surface area (Å²) in [5, 5.41) is 3.26. The minimum absolute atomic E-state index is 0.140. The van der Waals surface area contributed by atoms with Gasteiger partial charge in [0.15, 0.2) is 0 Å². The first-order valence-corrected chi connectivity index (χ1v) is 10.2. The topological polar surface area (TPSA) is 75.7 Å². The number of sulfonamides is 1. The second kappa shape index (κ2) is 8.67. The van der Waals surface area contributed by atoms with Gasteiger partial charge in [-0.25, -0.2) is 8.42 Å². The molecule has 0 aromatic heterocycles. The van der Waals surface area contributed by atoms with E-state index in [1.54, 1.807) is 36.4 Å². The number of hydrogen-bond donors (Lipinski definition) is 1. The van der Waals surface area contributed by atoms with E-state index in [1.807, 2.05) is 6.07 Å². The van der Waals surface area contributed by atoms with Gasteiger partial charge in [-0.05, 0) is 42.0 Å². The fraction of sp³-hybridized carbons (Fsp3) is 0.211. The lowest BCUT2D eigenvalue weighted by atomic mass is 10.2. The lowest BCUT2D eigenvalue weighted by Gasteiger charge is -2.26. The Hall–Kier alpha value is -2.19. The van der Waals surface area contributed by atoms with Gasteiger partial charge in [-0.2, -0.15) is 4.31 Å². The van der Waals surface area contributed by atoms with E-state index < -0.39 is 10.0 Å². The van der Waals surface area contributed by atoms with Crippen LogP contribution in [0.1, 0.15) is 5.56 Å². The molecule has 1 aliphatic heterocycles. The van der Waals surface area contributed by atoms with Crippen LogP contribution in [0.5, 0.6) is 0 Å². The Morgan fingerprint density at radius 2 is 1.85 bits per heavy atom. The number of benzene rings is 2. The first kappa shape index (κ1) is 19.6. The van der Waals surface area contributed by atoms with E-state index in [1.165, 1.54) is 22.5 Å². The van der Waals surface area contributed by atoms with E-state index in [-0.39, 0.29) is 10.8 Å². The zero-order valence-electron chi connectivity index (χ0n) is 14.5. The summed E-state index contributed by atoms with van der Waals surface area (Å²) >= 11 is 5.91. The number of carbonyl (C=O) groups is 1. The van der Waals surface area contributed by atoms with Crippen molar-refractivity contribution in [2.75, 3.05) is 31.6 Å². The minimum Gasteiger partial charge on any atom is -0.379 e. The normalized spacial score (nSPS) is 15.7. The summed E-state index contributed by atoms with van der Waals surface area (Å²) in [5.74, 6) is -0.365. The van der Waals surface area contributed by atoms with Gasteiger partial charge >= 0.3 is 0 Å². The molecule has 1 saturated heterocycles. The highest BCUT2D eigenvalue weighted by molar-refractivity contribution is 7.89. The van der Waals surface area contributed by atoms with Gasteiger partial charge in [0.2, 0.25) is 15.9 Å². The molecule has 0 saturated carbocycles. The van der Waals surface area contributed by atoms with Gasteiger partial charge in [-0.3, -0.25) is 4.79 Å². The predicted molar refractivity (Wildman–Crippen MR) is 105 cm³/mol. The van der Waals surface area contributed by atoms with Crippen LogP contribution in [0.15, 0.2) is 59.5 Å². The van der Waals surface area contributed by atoms with Gasteiger partial charge in [0.1, 0.15) is 0 Å². The van der Waals surface area contributed by atoms with E-state index in [0.29, 0.717) is 37.0 Å². The van der Waals surface area contributed by atoms with Gasteiger partial charge in [0.05, 0.1) is 18.1 Å². The maximum atomic E-state index is 12.7. The average Bonchev–Trinajstić information content (AvgIpc) is 2.67. The summed E-state index contributed by atoms with van der Waals surface area (Å²) in [4.78, 5) is 12.3. The first-order valence-electron chi connectivity index (χ1n) is 8.38. The number of rotatable bonds is 5. The molecule has 1 fully saturated rings. The van der Waals surface area contributed by atoms with Crippen molar-refractivity contribution in [2.24, 2.45) is 0 Å². The van der Waals surface area contributed by atoms with E-state index in [0.717, 1.165) is 5.56 Å². The molecule has 0 bridgehead atoms. The number of anilines is 1. The molecular weight excluding hydrogens is 388 g/mol. The van der Waals surface area contributed by atoms with Crippen molar-refractivity contribution in [2.45, 2.75) is 4.90 Å². The molecule has 2 aromatic rings. The third-order valence-electron chi connectivity index (χ3n) is 3.99. The summed E-state index contributed by atoms with van der Waals surface area (Å²) in [6, 6.07) is 13.3. The van der Waals surface area contributed by atoms with Crippen LogP contribution in [-0.2, 0) is 19.6 Å². The molecule has 1 aliphatic rings. The molecule has 0 spiro atoms. The first-order chi connectivity index (χ1) is 12.9.